The summed E-state index contributed by atoms with van der Waals surface area (Å²) < 4.78 is 18.9. The van der Waals surface area contributed by atoms with Crippen LogP contribution < -0.4 is 14.8 Å². The summed E-state index contributed by atoms with van der Waals surface area (Å²) in [4.78, 5) is 0. The topological polar surface area (TPSA) is 63.5 Å². The van der Waals surface area contributed by atoms with Crippen LogP contribution >= 0.6 is 0 Å². The summed E-state index contributed by atoms with van der Waals surface area (Å²) in [6.07, 6.45) is 8.25. The van der Waals surface area contributed by atoms with Crippen molar-refractivity contribution >= 4 is 0 Å². The van der Waals surface area contributed by atoms with Gasteiger partial charge in [-0.05, 0) is 57.1 Å². The molecular weight excluding hydrogens is 340 g/mol. The van der Waals surface area contributed by atoms with Gasteiger partial charge in [0.2, 0.25) is 0 Å². The normalized spacial score (nSPS) is 40.1. The third-order valence-electron chi connectivity index (χ3n) is 8.29. The lowest BCUT2D eigenvalue weighted by molar-refractivity contribution is -0.226. The fourth-order valence-electron chi connectivity index (χ4n) is 7.26. The van der Waals surface area contributed by atoms with Gasteiger partial charge in [0.25, 0.3) is 0 Å². The number of hydrogen-bond acceptors (Lipinski definition) is 5. The minimum atomic E-state index is -0.244. The van der Waals surface area contributed by atoms with Crippen molar-refractivity contribution in [1.82, 2.24) is 5.32 Å². The zero-order valence-corrected chi connectivity index (χ0v) is 16.4. The number of benzene rings is 1. The van der Waals surface area contributed by atoms with Crippen molar-refractivity contribution in [3.63, 3.8) is 0 Å². The fourth-order valence-corrected chi connectivity index (χ4v) is 7.26. The van der Waals surface area contributed by atoms with Gasteiger partial charge in [-0.25, -0.2) is 0 Å². The molecule has 1 aromatic rings. The van der Waals surface area contributed by atoms with E-state index in [0.29, 0.717) is 6.61 Å². The summed E-state index contributed by atoms with van der Waals surface area (Å²) in [6.45, 7) is 4.92. The van der Waals surface area contributed by atoms with Crippen LogP contribution in [0.25, 0.3) is 0 Å². The van der Waals surface area contributed by atoms with Gasteiger partial charge in [-0.1, -0.05) is 13.0 Å². The van der Waals surface area contributed by atoms with Crippen LogP contribution in [0.2, 0.25) is 0 Å². The molecule has 0 radical (unpaired) electrons. The molecule has 1 spiro atoms. The van der Waals surface area contributed by atoms with Gasteiger partial charge in [0.1, 0.15) is 11.7 Å². The van der Waals surface area contributed by atoms with E-state index in [-0.39, 0.29) is 28.6 Å². The van der Waals surface area contributed by atoms with Crippen LogP contribution in [0, 0.1) is 16.9 Å². The van der Waals surface area contributed by atoms with E-state index in [1.54, 1.807) is 0 Å². The molecule has 0 aromatic heterocycles. The molecular formula is C22H28N2O3. The van der Waals surface area contributed by atoms with Crippen LogP contribution in [0.1, 0.15) is 57.1 Å². The average Bonchev–Trinajstić information content (AvgIpc) is 3.09. The van der Waals surface area contributed by atoms with Crippen LogP contribution in [-0.2, 0) is 16.6 Å². The number of nitriles is 1. The number of fused-ring (bicyclic) bond motifs is 2. The molecule has 3 saturated carbocycles. The van der Waals surface area contributed by atoms with Gasteiger partial charge in [0.05, 0.1) is 6.61 Å². The number of hydrogen-bond donors (Lipinski definition) is 1. The van der Waals surface area contributed by atoms with Gasteiger partial charge in [-0.3, -0.25) is 0 Å². The quantitative estimate of drug-likeness (QED) is 0.637. The van der Waals surface area contributed by atoms with Gasteiger partial charge in [-0.15, -0.1) is 0 Å². The summed E-state index contributed by atoms with van der Waals surface area (Å²) in [5.74, 6) is 1.79. The van der Waals surface area contributed by atoms with Gasteiger partial charge in [-0.2, -0.15) is 5.26 Å². The second kappa shape index (κ2) is 5.54. The van der Waals surface area contributed by atoms with Crippen LogP contribution in [-0.4, -0.2) is 31.5 Å². The summed E-state index contributed by atoms with van der Waals surface area (Å²) in [6, 6.07) is 4.38. The summed E-state index contributed by atoms with van der Waals surface area (Å²) in [5, 5.41) is 12.7. The Balaban J connectivity index is 1.81. The van der Waals surface area contributed by atoms with Crippen LogP contribution in [0.5, 0.6) is 11.5 Å². The van der Waals surface area contributed by atoms with E-state index in [2.05, 4.69) is 24.5 Å². The molecule has 5 heteroatoms. The molecule has 1 aromatic carbocycles. The lowest BCUT2D eigenvalue weighted by Gasteiger charge is -2.68. The van der Waals surface area contributed by atoms with E-state index in [0.717, 1.165) is 50.0 Å². The monoisotopic (exact) mass is 368 g/mol. The smallest absolute Gasteiger partial charge is 0.176 e. The van der Waals surface area contributed by atoms with Crippen molar-refractivity contribution in [3.8, 4) is 17.7 Å². The Morgan fingerprint density at radius 3 is 2.67 bits per heavy atom. The van der Waals surface area contributed by atoms with Gasteiger partial charge < -0.3 is 19.5 Å². The SMILES string of the molecule is CCOc1ccc2c3c1O[C@H]1[C@]4(OC)CC[C@](CC4)([C@H](NC#N)C2)[C@@]31CC. The molecule has 0 amide bonds. The first-order valence-electron chi connectivity index (χ1n) is 10.3. The van der Waals surface area contributed by atoms with Crippen molar-refractivity contribution in [2.45, 2.75) is 75.5 Å². The fraction of sp³-hybridized carbons (Fsp3) is 0.682. The summed E-state index contributed by atoms with van der Waals surface area (Å²) in [7, 11) is 1.84. The Morgan fingerprint density at radius 1 is 1.26 bits per heavy atom. The molecule has 5 nitrogen and oxygen atoms in total. The molecule has 5 aliphatic rings. The number of rotatable bonds is 5. The largest absolute Gasteiger partial charge is 0.490 e. The zero-order valence-electron chi connectivity index (χ0n) is 16.4. The zero-order chi connectivity index (χ0) is 18.9. The third kappa shape index (κ3) is 1.74. The van der Waals surface area contributed by atoms with Crippen molar-refractivity contribution in [2.24, 2.45) is 5.41 Å². The second-order valence-corrected chi connectivity index (χ2v) is 8.62. The molecule has 0 saturated heterocycles. The number of nitrogens with zero attached hydrogens (tertiary/aromatic N) is 1. The van der Waals surface area contributed by atoms with E-state index in [4.69, 9.17) is 14.2 Å². The highest BCUT2D eigenvalue weighted by atomic mass is 16.6. The lowest BCUT2D eigenvalue weighted by Crippen LogP contribution is -2.75. The van der Waals surface area contributed by atoms with E-state index >= 15 is 0 Å². The van der Waals surface area contributed by atoms with Crippen molar-refractivity contribution < 1.29 is 14.2 Å². The summed E-state index contributed by atoms with van der Waals surface area (Å²) in [5.41, 5.74) is 2.31. The van der Waals surface area contributed by atoms with E-state index in [1.165, 1.54) is 11.1 Å². The molecule has 0 unspecified atom stereocenters. The molecule has 3 fully saturated rings. The molecule has 1 N–H and O–H groups in total. The van der Waals surface area contributed by atoms with Crippen LogP contribution in [0.4, 0.5) is 0 Å². The van der Waals surface area contributed by atoms with Gasteiger partial charge >= 0.3 is 0 Å². The van der Waals surface area contributed by atoms with Gasteiger partial charge in [0, 0.05) is 29.5 Å². The predicted molar refractivity (Wildman–Crippen MR) is 101 cm³/mol. The van der Waals surface area contributed by atoms with E-state index in [9.17, 15) is 5.26 Å². The Morgan fingerprint density at radius 2 is 2.04 bits per heavy atom. The average molecular weight is 368 g/mol. The minimum absolute atomic E-state index is 0.0128. The highest BCUT2D eigenvalue weighted by Crippen LogP contribution is 2.73. The standard InChI is InChI=1S/C22H28N2O3/c1-4-22-17-14-6-7-15(26-5-2)18(17)27-19(22)21(25-3)10-8-20(22,9-11-21)16(12-14)24-13-23/h6-7,16,19,24H,4-5,8-12H2,1-3H3/t16-,19+,20-,21-,22+/m1/s1. The van der Waals surface area contributed by atoms with Gasteiger partial charge in [0.15, 0.2) is 17.7 Å². The van der Waals surface area contributed by atoms with Crippen LogP contribution in [0.3, 0.4) is 0 Å². The molecule has 4 aliphatic carbocycles. The molecule has 27 heavy (non-hydrogen) atoms. The molecule has 1 aliphatic heterocycles. The first-order valence-corrected chi connectivity index (χ1v) is 10.3. The number of ether oxygens (including phenoxy) is 3. The maximum absolute atomic E-state index is 9.49. The predicted octanol–water partition coefficient (Wildman–Crippen LogP) is 3.45. The molecule has 144 valence electrons. The Labute approximate surface area is 161 Å². The molecule has 3 atom stereocenters. The maximum Gasteiger partial charge on any atom is 0.176 e. The van der Waals surface area contributed by atoms with E-state index < -0.39 is 0 Å². The first-order chi connectivity index (χ1) is 13.1. The lowest BCUT2D eigenvalue weighted by atomic mass is 9.38. The second-order valence-electron chi connectivity index (χ2n) is 8.62. The van der Waals surface area contributed by atoms with E-state index in [1.807, 2.05) is 20.1 Å². The maximum atomic E-state index is 9.49. The molecule has 1 heterocycles. The van der Waals surface area contributed by atoms with Crippen molar-refractivity contribution in [2.75, 3.05) is 13.7 Å². The first kappa shape index (κ1) is 17.2. The molecule has 6 rings (SSSR count). The Kier molecular flexibility index (Phi) is 3.53. The summed E-state index contributed by atoms with van der Waals surface area (Å²) >= 11 is 0. The van der Waals surface area contributed by atoms with Crippen molar-refractivity contribution in [1.29, 1.82) is 5.26 Å². The highest BCUT2D eigenvalue weighted by Gasteiger charge is 2.76. The molecule has 2 bridgehead atoms. The Bertz CT molecular complexity index is 822. The highest BCUT2D eigenvalue weighted by molar-refractivity contribution is 5.63. The minimum Gasteiger partial charge on any atom is -0.490 e. The van der Waals surface area contributed by atoms with Crippen LogP contribution in [0.15, 0.2) is 12.1 Å². The van der Waals surface area contributed by atoms with Crippen molar-refractivity contribution in [3.05, 3.63) is 23.3 Å². The third-order valence-corrected chi connectivity index (χ3v) is 8.29. The number of nitrogens with one attached hydrogen (secondary N) is 1. The Hall–Kier alpha value is -1.93. The number of methoxy groups -OCH3 is 1.